The molecule has 2 nitrogen and oxygen atoms in total. The van der Waals surface area contributed by atoms with Gasteiger partial charge in [-0.15, -0.1) is 11.3 Å². The van der Waals surface area contributed by atoms with Gasteiger partial charge in [-0.2, -0.15) is 0 Å². The number of aliphatic hydroxyl groups is 1. The highest BCUT2D eigenvalue weighted by molar-refractivity contribution is 7.17. The zero-order chi connectivity index (χ0) is 10.1. The molecule has 0 saturated carbocycles. The van der Waals surface area contributed by atoms with Crippen molar-refractivity contribution in [2.24, 2.45) is 0 Å². The Morgan fingerprint density at radius 1 is 1.57 bits per heavy atom. The summed E-state index contributed by atoms with van der Waals surface area (Å²) in [6.07, 6.45) is 0.819. The number of hydrogen-bond donors (Lipinski definition) is 1. The number of aryl methyl sites for hydroxylation is 1. The highest BCUT2D eigenvalue weighted by Crippen LogP contribution is 2.29. The Hall–Kier alpha value is -1.19. The molecular formula is C11H10O2S. The molecule has 2 rings (SSSR count). The van der Waals surface area contributed by atoms with E-state index in [4.69, 9.17) is 5.11 Å². The standard InChI is InChI=1S/C11H10O2S/c1-7-4-8(5-12)10(6-13)9-2-3-14-11(7)9/h2-4,6,12H,5H2,1H3. The Balaban J connectivity index is 2.88. The number of fused-ring (bicyclic) bond motifs is 1. The summed E-state index contributed by atoms with van der Waals surface area (Å²) >= 11 is 1.62. The van der Waals surface area contributed by atoms with E-state index in [2.05, 4.69) is 0 Å². The topological polar surface area (TPSA) is 37.3 Å². The Kier molecular flexibility index (Phi) is 2.35. The van der Waals surface area contributed by atoms with Crippen LogP contribution in [0, 0.1) is 6.92 Å². The number of thiophene rings is 1. The van der Waals surface area contributed by atoms with Crippen molar-refractivity contribution in [3.8, 4) is 0 Å². The van der Waals surface area contributed by atoms with Crippen LogP contribution in [-0.4, -0.2) is 11.4 Å². The van der Waals surface area contributed by atoms with E-state index in [0.717, 1.165) is 21.9 Å². The molecule has 72 valence electrons. The van der Waals surface area contributed by atoms with Crippen molar-refractivity contribution in [3.63, 3.8) is 0 Å². The Morgan fingerprint density at radius 3 is 3.00 bits per heavy atom. The van der Waals surface area contributed by atoms with Gasteiger partial charge in [-0.3, -0.25) is 4.79 Å². The van der Waals surface area contributed by atoms with Crippen molar-refractivity contribution in [2.45, 2.75) is 13.5 Å². The second-order valence-corrected chi connectivity index (χ2v) is 4.12. The quantitative estimate of drug-likeness (QED) is 0.766. The molecule has 0 aliphatic rings. The lowest BCUT2D eigenvalue weighted by molar-refractivity contribution is 0.112. The molecule has 0 spiro atoms. The molecular weight excluding hydrogens is 196 g/mol. The zero-order valence-electron chi connectivity index (χ0n) is 7.78. The normalized spacial score (nSPS) is 10.7. The molecule has 14 heavy (non-hydrogen) atoms. The lowest BCUT2D eigenvalue weighted by Gasteiger charge is -2.05. The SMILES string of the molecule is Cc1cc(CO)c(C=O)c2ccsc12. The van der Waals surface area contributed by atoms with Gasteiger partial charge in [-0.1, -0.05) is 6.07 Å². The zero-order valence-corrected chi connectivity index (χ0v) is 8.60. The van der Waals surface area contributed by atoms with E-state index in [9.17, 15) is 4.79 Å². The predicted molar refractivity (Wildman–Crippen MR) is 57.9 cm³/mol. The molecule has 0 aliphatic heterocycles. The van der Waals surface area contributed by atoms with Crippen molar-refractivity contribution >= 4 is 27.7 Å². The molecule has 0 radical (unpaired) electrons. The first kappa shape index (κ1) is 9.37. The van der Waals surface area contributed by atoms with Crippen LogP contribution in [0.3, 0.4) is 0 Å². The van der Waals surface area contributed by atoms with Crippen LogP contribution in [0.4, 0.5) is 0 Å². The molecule has 3 heteroatoms. The molecule has 0 atom stereocenters. The van der Waals surface area contributed by atoms with Crippen LogP contribution >= 0.6 is 11.3 Å². The van der Waals surface area contributed by atoms with Crippen LogP contribution in [0.1, 0.15) is 21.5 Å². The Bertz CT molecular complexity index is 485. The first-order valence-electron chi connectivity index (χ1n) is 4.33. The number of benzene rings is 1. The van der Waals surface area contributed by atoms with Crippen molar-refractivity contribution in [1.82, 2.24) is 0 Å². The fourth-order valence-corrected chi connectivity index (χ4v) is 2.56. The van der Waals surface area contributed by atoms with Crippen molar-refractivity contribution in [3.05, 3.63) is 34.2 Å². The van der Waals surface area contributed by atoms with Crippen molar-refractivity contribution < 1.29 is 9.90 Å². The van der Waals surface area contributed by atoms with Gasteiger partial charge in [-0.25, -0.2) is 0 Å². The summed E-state index contributed by atoms with van der Waals surface area (Å²) in [5.41, 5.74) is 2.45. The van der Waals surface area contributed by atoms with Crippen LogP contribution in [0.15, 0.2) is 17.5 Å². The molecule has 1 aromatic carbocycles. The minimum absolute atomic E-state index is 0.0826. The van der Waals surface area contributed by atoms with Gasteiger partial charge in [-0.05, 0) is 29.5 Å². The van der Waals surface area contributed by atoms with Gasteiger partial charge in [0.2, 0.25) is 0 Å². The third kappa shape index (κ3) is 1.25. The Labute approximate surface area is 85.8 Å². The number of aldehydes is 1. The average Bonchev–Trinajstić information content (AvgIpc) is 2.66. The van der Waals surface area contributed by atoms with Gasteiger partial charge in [0.1, 0.15) is 0 Å². The van der Waals surface area contributed by atoms with Crippen LogP contribution in [0.25, 0.3) is 10.1 Å². The molecule has 1 N–H and O–H groups in total. The smallest absolute Gasteiger partial charge is 0.151 e. The highest BCUT2D eigenvalue weighted by atomic mass is 32.1. The average molecular weight is 206 g/mol. The van der Waals surface area contributed by atoms with Crippen molar-refractivity contribution in [2.75, 3.05) is 0 Å². The third-order valence-electron chi connectivity index (χ3n) is 2.34. The first-order valence-corrected chi connectivity index (χ1v) is 5.21. The number of carbonyl (C=O) groups is 1. The molecule has 0 bridgehead atoms. The van der Waals surface area contributed by atoms with E-state index in [-0.39, 0.29) is 6.61 Å². The van der Waals surface area contributed by atoms with Crippen LogP contribution < -0.4 is 0 Å². The van der Waals surface area contributed by atoms with Crippen molar-refractivity contribution in [1.29, 1.82) is 0 Å². The second kappa shape index (κ2) is 3.52. The number of rotatable bonds is 2. The summed E-state index contributed by atoms with van der Waals surface area (Å²) < 4.78 is 1.13. The molecule has 0 amide bonds. The summed E-state index contributed by atoms with van der Waals surface area (Å²) in [4.78, 5) is 10.9. The number of carbonyl (C=O) groups excluding carboxylic acids is 1. The van der Waals surface area contributed by atoms with Gasteiger partial charge >= 0.3 is 0 Å². The van der Waals surface area contributed by atoms with Crippen LogP contribution in [0.2, 0.25) is 0 Å². The van der Waals surface area contributed by atoms with E-state index in [1.54, 1.807) is 11.3 Å². The lowest BCUT2D eigenvalue weighted by atomic mass is 10.0. The maximum absolute atomic E-state index is 10.9. The number of aliphatic hydroxyl groups excluding tert-OH is 1. The monoisotopic (exact) mass is 206 g/mol. The molecule has 1 aromatic heterocycles. The minimum Gasteiger partial charge on any atom is -0.392 e. The minimum atomic E-state index is -0.0826. The van der Waals surface area contributed by atoms with Crippen LogP contribution in [0.5, 0.6) is 0 Å². The summed E-state index contributed by atoms with van der Waals surface area (Å²) in [5, 5.41) is 12.0. The van der Waals surface area contributed by atoms with E-state index in [0.29, 0.717) is 11.1 Å². The van der Waals surface area contributed by atoms with Gasteiger partial charge in [0.15, 0.2) is 6.29 Å². The fraction of sp³-hybridized carbons (Fsp3) is 0.182. The highest BCUT2D eigenvalue weighted by Gasteiger charge is 2.09. The summed E-state index contributed by atoms with van der Waals surface area (Å²) in [7, 11) is 0. The van der Waals surface area contributed by atoms with Gasteiger partial charge < -0.3 is 5.11 Å². The van der Waals surface area contributed by atoms with Crippen LogP contribution in [-0.2, 0) is 6.61 Å². The Morgan fingerprint density at radius 2 is 2.36 bits per heavy atom. The van der Waals surface area contributed by atoms with E-state index in [1.165, 1.54) is 0 Å². The molecule has 0 aliphatic carbocycles. The molecule has 0 fully saturated rings. The maximum atomic E-state index is 10.9. The van der Waals surface area contributed by atoms with E-state index >= 15 is 0 Å². The summed E-state index contributed by atoms with van der Waals surface area (Å²) in [5.74, 6) is 0. The summed E-state index contributed by atoms with van der Waals surface area (Å²) in [6, 6.07) is 3.80. The number of hydrogen-bond acceptors (Lipinski definition) is 3. The molecule has 2 aromatic rings. The first-order chi connectivity index (χ1) is 6.77. The van der Waals surface area contributed by atoms with Gasteiger partial charge in [0.05, 0.1) is 6.61 Å². The lowest BCUT2D eigenvalue weighted by Crippen LogP contribution is -1.94. The van der Waals surface area contributed by atoms with Gasteiger partial charge in [0.25, 0.3) is 0 Å². The summed E-state index contributed by atoms with van der Waals surface area (Å²) in [6.45, 7) is 1.91. The van der Waals surface area contributed by atoms with Gasteiger partial charge in [0, 0.05) is 15.6 Å². The third-order valence-corrected chi connectivity index (χ3v) is 3.39. The fourth-order valence-electron chi connectivity index (χ4n) is 1.67. The molecule has 1 heterocycles. The predicted octanol–water partition coefficient (Wildman–Crippen LogP) is 2.51. The molecule has 0 unspecified atom stereocenters. The van der Waals surface area contributed by atoms with E-state index < -0.39 is 0 Å². The van der Waals surface area contributed by atoms with E-state index in [1.807, 2.05) is 24.4 Å². The second-order valence-electron chi connectivity index (χ2n) is 3.21. The molecule has 0 saturated heterocycles. The maximum Gasteiger partial charge on any atom is 0.151 e. The largest absolute Gasteiger partial charge is 0.392 e.